The van der Waals surface area contributed by atoms with Crippen molar-refractivity contribution in [2.75, 3.05) is 66.3 Å². The van der Waals surface area contributed by atoms with Crippen LogP contribution in [0.3, 0.4) is 0 Å². The van der Waals surface area contributed by atoms with Crippen molar-refractivity contribution in [2.45, 2.75) is 109 Å². The SMILES string of the molecule is CCCCOCCOCCOC(=O)NCCCCCCNC(=O)N[C@H]1CCCC[C@@H]1NC(=O)NCCCCCCNC(=O)OC. The summed E-state index contributed by atoms with van der Waals surface area (Å²) in [7, 11) is 1.34. The molecule has 1 fully saturated rings. The van der Waals surface area contributed by atoms with E-state index in [2.05, 4.69) is 43.6 Å². The highest BCUT2D eigenvalue weighted by molar-refractivity contribution is 5.76. The molecule has 0 spiro atoms. The van der Waals surface area contributed by atoms with E-state index in [1.165, 1.54) is 7.11 Å². The zero-order valence-electron chi connectivity index (χ0n) is 27.7. The lowest BCUT2D eigenvalue weighted by Gasteiger charge is -2.32. The maximum atomic E-state index is 12.5. The Kier molecular flexibility index (Phi) is 25.3. The highest BCUT2D eigenvalue weighted by Crippen LogP contribution is 2.18. The first-order valence-corrected chi connectivity index (χ1v) is 16.9. The number of carbonyl (C=O) groups is 4. The topological polar surface area (TPSA) is 177 Å². The molecule has 0 aromatic carbocycles. The molecule has 6 amide bonds. The van der Waals surface area contributed by atoms with E-state index in [9.17, 15) is 19.2 Å². The van der Waals surface area contributed by atoms with Crippen LogP contribution in [0.25, 0.3) is 0 Å². The molecule has 1 rings (SSSR count). The van der Waals surface area contributed by atoms with Crippen LogP contribution in [0.15, 0.2) is 0 Å². The number of hydrogen-bond donors (Lipinski definition) is 6. The van der Waals surface area contributed by atoms with Gasteiger partial charge in [0.15, 0.2) is 0 Å². The summed E-state index contributed by atoms with van der Waals surface area (Å²) in [4.78, 5) is 47.6. The molecule has 262 valence electrons. The number of urea groups is 2. The highest BCUT2D eigenvalue weighted by Gasteiger charge is 2.27. The van der Waals surface area contributed by atoms with Gasteiger partial charge in [-0.2, -0.15) is 0 Å². The number of hydrogen-bond acceptors (Lipinski definition) is 8. The van der Waals surface area contributed by atoms with Crippen LogP contribution < -0.4 is 31.9 Å². The Hall–Kier alpha value is -3.00. The molecule has 0 aromatic rings. The number of carbonyl (C=O) groups excluding carboxylic acids is 4. The van der Waals surface area contributed by atoms with Crippen molar-refractivity contribution in [1.82, 2.24) is 31.9 Å². The molecule has 0 radical (unpaired) electrons. The van der Waals surface area contributed by atoms with E-state index < -0.39 is 12.2 Å². The third-order valence-electron chi connectivity index (χ3n) is 7.38. The van der Waals surface area contributed by atoms with Crippen molar-refractivity contribution < 1.29 is 38.1 Å². The number of amides is 6. The molecule has 1 saturated carbocycles. The van der Waals surface area contributed by atoms with Crippen LogP contribution in [0.4, 0.5) is 19.2 Å². The first-order chi connectivity index (χ1) is 22.0. The Morgan fingerprint density at radius 3 is 1.49 bits per heavy atom. The maximum Gasteiger partial charge on any atom is 0.407 e. The standard InChI is InChI=1S/C31H60N6O8/c1-3-4-21-43-22-23-44-24-25-45-31(41)35-20-14-8-6-12-18-33-29(39)37-27-16-10-9-15-26(27)36-28(38)32-17-11-5-7-13-19-34-30(40)42-2/h26-27H,3-25H2,1-2H3,(H,34,40)(H,35,41)(H2,32,36,38)(H2,33,37,39)/t26-,27-/m0/s1. The van der Waals surface area contributed by atoms with Crippen molar-refractivity contribution in [1.29, 1.82) is 0 Å². The smallest absolute Gasteiger partial charge is 0.407 e. The number of ether oxygens (including phenoxy) is 4. The summed E-state index contributed by atoms with van der Waals surface area (Å²) >= 11 is 0. The Labute approximate surface area is 269 Å². The Bertz CT molecular complexity index is 791. The van der Waals surface area contributed by atoms with Crippen molar-refractivity contribution in [3.63, 3.8) is 0 Å². The summed E-state index contributed by atoms with van der Waals surface area (Å²) in [5.74, 6) is 0. The highest BCUT2D eigenvalue weighted by atomic mass is 16.6. The number of unbranched alkanes of at least 4 members (excludes halogenated alkanes) is 7. The summed E-state index contributed by atoms with van der Waals surface area (Å²) in [6, 6.07) is -0.630. The Balaban J connectivity index is 2.01. The lowest BCUT2D eigenvalue weighted by atomic mass is 9.90. The molecule has 1 aliphatic carbocycles. The van der Waals surface area contributed by atoms with Crippen LogP contribution in [0.1, 0.15) is 96.8 Å². The van der Waals surface area contributed by atoms with Gasteiger partial charge in [-0.3, -0.25) is 0 Å². The largest absolute Gasteiger partial charge is 0.453 e. The van der Waals surface area contributed by atoms with E-state index in [4.69, 9.17) is 14.2 Å². The van der Waals surface area contributed by atoms with Crippen LogP contribution in [-0.2, 0) is 18.9 Å². The minimum absolute atomic E-state index is 0.101. The molecular weight excluding hydrogens is 584 g/mol. The lowest BCUT2D eigenvalue weighted by molar-refractivity contribution is 0.0275. The van der Waals surface area contributed by atoms with E-state index in [-0.39, 0.29) is 30.8 Å². The Morgan fingerprint density at radius 1 is 0.556 bits per heavy atom. The van der Waals surface area contributed by atoms with Crippen LogP contribution in [-0.4, -0.2) is 103 Å². The van der Waals surface area contributed by atoms with Crippen molar-refractivity contribution in [3.8, 4) is 0 Å². The van der Waals surface area contributed by atoms with Crippen molar-refractivity contribution in [2.24, 2.45) is 0 Å². The van der Waals surface area contributed by atoms with E-state index in [1.807, 2.05) is 0 Å². The third-order valence-corrected chi connectivity index (χ3v) is 7.38. The summed E-state index contributed by atoms with van der Waals surface area (Å²) in [5, 5.41) is 17.3. The fraction of sp³-hybridized carbons (Fsp3) is 0.871. The van der Waals surface area contributed by atoms with Gasteiger partial charge in [0.05, 0.1) is 39.0 Å². The summed E-state index contributed by atoms with van der Waals surface area (Å²) < 4.78 is 20.4. The molecular formula is C31H60N6O8. The fourth-order valence-corrected chi connectivity index (χ4v) is 4.79. The Morgan fingerprint density at radius 2 is 1.00 bits per heavy atom. The number of alkyl carbamates (subject to hydrolysis) is 2. The van der Waals surface area contributed by atoms with Gasteiger partial charge in [0, 0.05) is 32.8 Å². The second kappa shape index (κ2) is 28.5. The molecule has 14 nitrogen and oxygen atoms in total. The molecule has 45 heavy (non-hydrogen) atoms. The molecule has 0 unspecified atom stereocenters. The normalized spacial score (nSPS) is 15.9. The summed E-state index contributed by atoms with van der Waals surface area (Å²) in [6.45, 7) is 6.72. The average molecular weight is 645 g/mol. The average Bonchev–Trinajstić information content (AvgIpc) is 3.03. The quantitative estimate of drug-likeness (QED) is 0.0810. The molecule has 2 atom stereocenters. The molecule has 0 bridgehead atoms. The molecule has 14 heteroatoms. The monoisotopic (exact) mass is 644 g/mol. The van der Waals surface area contributed by atoms with Crippen LogP contribution in [0.2, 0.25) is 0 Å². The van der Waals surface area contributed by atoms with Gasteiger partial charge in [0.1, 0.15) is 6.61 Å². The first-order valence-electron chi connectivity index (χ1n) is 16.9. The van der Waals surface area contributed by atoms with Gasteiger partial charge in [0.2, 0.25) is 0 Å². The van der Waals surface area contributed by atoms with Gasteiger partial charge in [-0.1, -0.05) is 51.9 Å². The predicted molar refractivity (Wildman–Crippen MR) is 172 cm³/mol. The second-order valence-corrected chi connectivity index (χ2v) is 11.2. The minimum Gasteiger partial charge on any atom is -0.453 e. The first kappa shape index (κ1) is 40.0. The van der Waals surface area contributed by atoms with E-state index in [0.29, 0.717) is 46.0 Å². The summed E-state index contributed by atoms with van der Waals surface area (Å²) in [5.41, 5.74) is 0. The molecule has 6 N–H and O–H groups in total. The van der Waals surface area contributed by atoms with Gasteiger partial charge in [-0.05, 0) is 44.9 Å². The van der Waals surface area contributed by atoms with E-state index in [1.54, 1.807) is 0 Å². The van der Waals surface area contributed by atoms with Crippen molar-refractivity contribution >= 4 is 24.2 Å². The molecule has 0 saturated heterocycles. The van der Waals surface area contributed by atoms with Crippen LogP contribution >= 0.6 is 0 Å². The fourth-order valence-electron chi connectivity index (χ4n) is 4.79. The molecule has 0 aliphatic heterocycles. The summed E-state index contributed by atoms with van der Waals surface area (Å²) in [6.07, 6.45) is 12.1. The maximum absolute atomic E-state index is 12.5. The van der Waals surface area contributed by atoms with Gasteiger partial charge >= 0.3 is 24.2 Å². The number of methoxy groups -OCH3 is 1. The van der Waals surface area contributed by atoms with E-state index >= 15 is 0 Å². The van der Waals surface area contributed by atoms with Gasteiger partial charge < -0.3 is 50.8 Å². The molecule has 1 aliphatic rings. The lowest BCUT2D eigenvalue weighted by Crippen LogP contribution is -2.56. The number of nitrogens with one attached hydrogen (secondary N) is 6. The van der Waals surface area contributed by atoms with E-state index in [0.717, 1.165) is 96.5 Å². The van der Waals surface area contributed by atoms with Gasteiger partial charge in [-0.15, -0.1) is 0 Å². The van der Waals surface area contributed by atoms with Gasteiger partial charge in [-0.25, -0.2) is 19.2 Å². The molecule has 0 aromatic heterocycles. The molecule has 0 heterocycles. The minimum atomic E-state index is -0.442. The van der Waals surface area contributed by atoms with Crippen LogP contribution in [0.5, 0.6) is 0 Å². The zero-order valence-corrected chi connectivity index (χ0v) is 27.7. The predicted octanol–water partition coefficient (Wildman–Crippen LogP) is 3.93. The van der Waals surface area contributed by atoms with Crippen molar-refractivity contribution in [3.05, 3.63) is 0 Å². The van der Waals surface area contributed by atoms with Crippen LogP contribution in [0, 0.1) is 0 Å². The zero-order chi connectivity index (χ0) is 32.8. The second-order valence-electron chi connectivity index (χ2n) is 11.2. The van der Waals surface area contributed by atoms with Gasteiger partial charge in [0.25, 0.3) is 0 Å². The third kappa shape index (κ3) is 24.0. The number of rotatable bonds is 25.